The summed E-state index contributed by atoms with van der Waals surface area (Å²) in [5.41, 5.74) is 0.334. The normalized spacial score (nSPS) is 22.1. The van der Waals surface area contributed by atoms with Crippen molar-refractivity contribution in [1.82, 2.24) is 9.03 Å². The van der Waals surface area contributed by atoms with Crippen LogP contribution in [0.4, 0.5) is 5.69 Å². The van der Waals surface area contributed by atoms with Crippen LogP contribution in [0, 0.1) is 5.92 Å². The fourth-order valence-corrected chi connectivity index (χ4v) is 5.65. The van der Waals surface area contributed by atoms with Crippen LogP contribution in [0.3, 0.4) is 0 Å². The van der Waals surface area contributed by atoms with Crippen molar-refractivity contribution in [3.8, 4) is 0 Å². The van der Waals surface area contributed by atoms with E-state index in [-0.39, 0.29) is 4.90 Å². The molecule has 1 saturated heterocycles. The topological polar surface area (TPSA) is 108 Å². The van der Waals surface area contributed by atoms with Gasteiger partial charge in [-0.3, -0.25) is 14.4 Å². The van der Waals surface area contributed by atoms with E-state index in [0.717, 1.165) is 25.7 Å². The van der Waals surface area contributed by atoms with Gasteiger partial charge in [-0.1, -0.05) is 13.3 Å². The van der Waals surface area contributed by atoms with E-state index in [4.69, 9.17) is 0 Å². The number of amidine groups is 1. The Bertz CT molecular complexity index is 895. The first-order valence-corrected chi connectivity index (χ1v) is 12.1. The van der Waals surface area contributed by atoms with Crippen LogP contribution in [0.2, 0.25) is 0 Å². The highest BCUT2D eigenvalue weighted by Crippen LogP contribution is 2.21. The SMILES string of the molecule is CC1CCN(S(=O)(=O)Nc2ccc(S(=O)(=O)NC3=NCCCCC3)cc2)C1. The van der Waals surface area contributed by atoms with Crippen LogP contribution in [-0.2, 0) is 20.2 Å². The molecule has 2 aliphatic heterocycles. The molecule has 0 radical (unpaired) electrons. The second-order valence-corrected chi connectivity index (χ2v) is 10.5. The van der Waals surface area contributed by atoms with Crippen LogP contribution in [0.1, 0.15) is 39.0 Å². The molecular weight excluding hydrogens is 388 g/mol. The van der Waals surface area contributed by atoms with Gasteiger partial charge in [0.15, 0.2) is 0 Å². The third-order valence-electron chi connectivity index (χ3n) is 4.76. The predicted octanol–water partition coefficient (Wildman–Crippen LogP) is 1.94. The van der Waals surface area contributed by atoms with Crippen molar-refractivity contribution in [2.75, 3.05) is 24.4 Å². The first-order chi connectivity index (χ1) is 12.8. The summed E-state index contributed by atoms with van der Waals surface area (Å²) in [5, 5.41) is 0. The van der Waals surface area contributed by atoms with Crippen LogP contribution in [0.25, 0.3) is 0 Å². The van der Waals surface area contributed by atoms with E-state index in [2.05, 4.69) is 14.4 Å². The van der Waals surface area contributed by atoms with Gasteiger partial charge in [-0.05, 0) is 49.4 Å². The van der Waals surface area contributed by atoms with Gasteiger partial charge in [-0.2, -0.15) is 12.7 Å². The lowest BCUT2D eigenvalue weighted by atomic mass is 10.2. The van der Waals surface area contributed by atoms with E-state index in [1.165, 1.54) is 28.6 Å². The number of hydrogen-bond acceptors (Lipinski definition) is 5. The van der Waals surface area contributed by atoms with Crippen molar-refractivity contribution < 1.29 is 16.8 Å². The van der Waals surface area contributed by atoms with Crippen molar-refractivity contribution in [1.29, 1.82) is 0 Å². The summed E-state index contributed by atoms with van der Waals surface area (Å²) in [6, 6.07) is 5.70. The minimum absolute atomic E-state index is 0.0761. The van der Waals surface area contributed by atoms with Crippen LogP contribution in [0.15, 0.2) is 34.2 Å². The number of hydrogen-bond donors (Lipinski definition) is 2. The molecule has 1 aromatic rings. The maximum Gasteiger partial charge on any atom is 0.301 e. The Kier molecular flexibility index (Phi) is 6.07. The molecule has 0 aromatic heterocycles. The Hall–Kier alpha value is -1.65. The lowest BCUT2D eigenvalue weighted by Gasteiger charge is -2.17. The zero-order chi connectivity index (χ0) is 19.5. The molecule has 0 bridgehead atoms. The first-order valence-electron chi connectivity index (χ1n) is 9.20. The smallest absolute Gasteiger partial charge is 0.272 e. The standard InChI is InChI=1S/C17H26N4O4S2/c1-14-10-12-21(13-14)27(24,25)19-15-6-8-16(9-7-15)26(22,23)20-17-5-3-2-4-11-18-17/h6-9,14,19H,2-5,10-13H2,1H3,(H,18,20). The molecule has 2 aliphatic rings. The third-order valence-corrected chi connectivity index (χ3v) is 7.67. The first kappa shape index (κ1) is 20.1. The van der Waals surface area contributed by atoms with Crippen molar-refractivity contribution in [2.45, 2.75) is 43.9 Å². The van der Waals surface area contributed by atoms with Gasteiger partial charge in [0.1, 0.15) is 5.84 Å². The summed E-state index contributed by atoms with van der Waals surface area (Å²) in [6.07, 6.45) is 4.38. The fourth-order valence-electron chi connectivity index (χ4n) is 3.20. The highest BCUT2D eigenvalue weighted by Gasteiger charge is 2.29. The minimum Gasteiger partial charge on any atom is -0.272 e. The molecule has 0 spiro atoms. The molecule has 0 aliphatic carbocycles. The number of nitrogens with one attached hydrogen (secondary N) is 2. The van der Waals surface area contributed by atoms with Crippen LogP contribution in [0.5, 0.6) is 0 Å². The van der Waals surface area contributed by atoms with Gasteiger partial charge in [0.05, 0.1) is 4.90 Å². The van der Waals surface area contributed by atoms with Gasteiger partial charge < -0.3 is 0 Å². The van der Waals surface area contributed by atoms with Crippen molar-refractivity contribution in [3.05, 3.63) is 24.3 Å². The molecule has 150 valence electrons. The molecule has 1 fully saturated rings. The van der Waals surface area contributed by atoms with Crippen molar-refractivity contribution in [3.63, 3.8) is 0 Å². The molecule has 27 heavy (non-hydrogen) atoms. The second-order valence-electron chi connectivity index (χ2n) is 7.13. The Morgan fingerprint density at radius 2 is 1.78 bits per heavy atom. The Labute approximate surface area is 161 Å². The molecular formula is C17H26N4O4S2. The van der Waals surface area contributed by atoms with E-state index in [1.54, 1.807) is 0 Å². The molecule has 1 unspecified atom stereocenters. The Morgan fingerprint density at radius 1 is 1.04 bits per heavy atom. The van der Waals surface area contributed by atoms with Crippen molar-refractivity contribution >= 4 is 31.8 Å². The quantitative estimate of drug-likeness (QED) is 0.767. The Morgan fingerprint density at radius 3 is 2.44 bits per heavy atom. The summed E-state index contributed by atoms with van der Waals surface area (Å²) < 4.78 is 56.3. The average Bonchev–Trinajstić information content (AvgIpc) is 2.90. The monoisotopic (exact) mass is 414 g/mol. The summed E-state index contributed by atoms with van der Waals surface area (Å²) >= 11 is 0. The number of aliphatic imine (C=N–C) groups is 1. The summed E-state index contributed by atoms with van der Waals surface area (Å²) in [7, 11) is -7.35. The number of benzene rings is 1. The zero-order valence-corrected chi connectivity index (χ0v) is 17.0. The van der Waals surface area contributed by atoms with E-state index in [0.29, 0.717) is 43.5 Å². The predicted molar refractivity (Wildman–Crippen MR) is 105 cm³/mol. The van der Waals surface area contributed by atoms with Gasteiger partial charge in [0.2, 0.25) is 0 Å². The zero-order valence-electron chi connectivity index (χ0n) is 15.4. The number of anilines is 1. The van der Waals surface area contributed by atoms with E-state index in [1.807, 2.05) is 6.92 Å². The minimum atomic E-state index is -3.73. The second kappa shape index (κ2) is 8.15. The van der Waals surface area contributed by atoms with Crippen LogP contribution >= 0.6 is 0 Å². The average molecular weight is 415 g/mol. The van der Waals surface area contributed by atoms with Gasteiger partial charge in [-0.15, -0.1) is 0 Å². The van der Waals surface area contributed by atoms with Crippen LogP contribution < -0.4 is 9.44 Å². The van der Waals surface area contributed by atoms with Crippen molar-refractivity contribution in [2.24, 2.45) is 10.9 Å². The summed E-state index contributed by atoms with van der Waals surface area (Å²) in [4.78, 5) is 4.36. The van der Waals surface area contributed by atoms with Crippen LogP contribution in [-0.4, -0.2) is 46.6 Å². The molecule has 3 rings (SSSR count). The summed E-state index contributed by atoms with van der Waals surface area (Å²) in [6.45, 7) is 3.64. The molecule has 2 heterocycles. The molecule has 2 N–H and O–H groups in total. The van der Waals surface area contributed by atoms with E-state index in [9.17, 15) is 16.8 Å². The maximum atomic E-state index is 12.5. The summed E-state index contributed by atoms with van der Waals surface area (Å²) in [5.74, 6) is 0.826. The number of nitrogens with zero attached hydrogens (tertiary/aromatic N) is 2. The third kappa shape index (κ3) is 5.20. The fraction of sp³-hybridized carbons (Fsp3) is 0.588. The number of sulfonamides is 1. The molecule has 0 amide bonds. The molecule has 0 saturated carbocycles. The van der Waals surface area contributed by atoms with E-state index >= 15 is 0 Å². The Balaban J connectivity index is 1.68. The highest BCUT2D eigenvalue weighted by molar-refractivity contribution is 7.90. The highest BCUT2D eigenvalue weighted by atomic mass is 32.2. The van der Waals surface area contributed by atoms with Gasteiger partial charge in [0.25, 0.3) is 10.0 Å². The molecule has 8 nitrogen and oxygen atoms in total. The maximum absolute atomic E-state index is 12.5. The van der Waals surface area contributed by atoms with Gasteiger partial charge in [-0.25, -0.2) is 8.42 Å². The lowest BCUT2D eigenvalue weighted by Crippen LogP contribution is -2.34. The molecule has 1 atom stereocenters. The largest absolute Gasteiger partial charge is 0.301 e. The molecule has 10 heteroatoms. The van der Waals surface area contributed by atoms with Gasteiger partial charge >= 0.3 is 10.2 Å². The molecule has 1 aromatic carbocycles. The lowest BCUT2D eigenvalue weighted by molar-refractivity contribution is 0.469. The number of rotatable bonds is 5. The van der Waals surface area contributed by atoms with E-state index < -0.39 is 20.2 Å². The van der Waals surface area contributed by atoms with Gasteiger partial charge in [0, 0.05) is 31.7 Å².